The lowest BCUT2D eigenvalue weighted by Gasteiger charge is -2.46. The van der Waals surface area contributed by atoms with Crippen LogP contribution in [0.2, 0.25) is 0 Å². The lowest BCUT2D eigenvalue weighted by atomic mass is 9.61. The minimum atomic E-state index is -4.54. The maximum atomic E-state index is 13.2. The van der Waals surface area contributed by atoms with Crippen molar-refractivity contribution in [2.75, 3.05) is 19.6 Å². The number of hydrogen-bond acceptors (Lipinski definition) is 2. The third-order valence-electron chi connectivity index (χ3n) is 7.49. The first-order chi connectivity index (χ1) is 12.1. The topological polar surface area (TPSA) is 23.5 Å². The molecule has 3 aliphatic rings. The molecule has 2 aliphatic carbocycles. The van der Waals surface area contributed by atoms with Gasteiger partial charge in [-0.2, -0.15) is 13.2 Å². The molecular formula is C20H31BrF3NO. The highest BCUT2D eigenvalue weighted by Gasteiger charge is 2.56. The third kappa shape index (κ3) is 3.62. The van der Waals surface area contributed by atoms with Crippen molar-refractivity contribution in [1.82, 2.24) is 4.90 Å². The van der Waals surface area contributed by atoms with Crippen molar-refractivity contribution in [2.45, 2.75) is 70.6 Å². The summed E-state index contributed by atoms with van der Waals surface area (Å²) in [5.41, 5.74) is -0.769. The number of rotatable bonds is 3. The molecule has 26 heavy (non-hydrogen) atoms. The van der Waals surface area contributed by atoms with Gasteiger partial charge in [0, 0.05) is 13.1 Å². The molecule has 3 rings (SSSR count). The van der Waals surface area contributed by atoms with Crippen molar-refractivity contribution >= 4 is 15.9 Å². The SMILES string of the molecule is C[C@H](CN1CCCC(O)(C(F)(F)F)C1)[C@H]1CC[C@H]2/C(=C/Br)CCC[C@]12C. The lowest BCUT2D eigenvalue weighted by Crippen LogP contribution is -2.57. The first kappa shape index (κ1) is 20.7. The van der Waals surface area contributed by atoms with Crippen LogP contribution >= 0.6 is 15.9 Å². The van der Waals surface area contributed by atoms with Gasteiger partial charge in [-0.15, -0.1) is 0 Å². The Morgan fingerprint density at radius 1 is 1.31 bits per heavy atom. The fraction of sp³-hybridized carbons (Fsp3) is 0.900. The van der Waals surface area contributed by atoms with Gasteiger partial charge in [-0.1, -0.05) is 35.4 Å². The molecule has 0 radical (unpaired) electrons. The first-order valence-electron chi connectivity index (χ1n) is 9.91. The van der Waals surface area contributed by atoms with E-state index in [-0.39, 0.29) is 18.4 Å². The van der Waals surface area contributed by atoms with E-state index < -0.39 is 11.8 Å². The van der Waals surface area contributed by atoms with E-state index in [2.05, 4.69) is 34.8 Å². The second kappa shape index (κ2) is 7.40. The van der Waals surface area contributed by atoms with E-state index in [1.807, 2.05) is 4.90 Å². The Bertz CT molecular complexity index is 552. The highest BCUT2D eigenvalue weighted by Crippen LogP contribution is 2.59. The summed E-state index contributed by atoms with van der Waals surface area (Å²) in [6.45, 7) is 5.62. The van der Waals surface area contributed by atoms with Gasteiger partial charge in [0.1, 0.15) is 0 Å². The van der Waals surface area contributed by atoms with Gasteiger partial charge in [-0.25, -0.2) is 0 Å². The molecule has 5 atom stereocenters. The van der Waals surface area contributed by atoms with E-state index >= 15 is 0 Å². The van der Waals surface area contributed by atoms with Crippen molar-refractivity contribution in [3.63, 3.8) is 0 Å². The van der Waals surface area contributed by atoms with Crippen LogP contribution in [0.3, 0.4) is 0 Å². The summed E-state index contributed by atoms with van der Waals surface area (Å²) in [6.07, 6.45) is 1.61. The summed E-state index contributed by atoms with van der Waals surface area (Å²) < 4.78 is 39.6. The Balaban J connectivity index is 1.68. The zero-order valence-electron chi connectivity index (χ0n) is 15.8. The van der Waals surface area contributed by atoms with Crippen LogP contribution in [0, 0.1) is 23.2 Å². The van der Waals surface area contributed by atoms with E-state index in [0.29, 0.717) is 37.3 Å². The van der Waals surface area contributed by atoms with Crippen LogP contribution in [0.25, 0.3) is 0 Å². The van der Waals surface area contributed by atoms with E-state index in [1.54, 1.807) is 0 Å². The Labute approximate surface area is 163 Å². The molecule has 1 unspecified atom stereocenters. The van der Waals surface area contributed by atoms with Gasteiger partial charge in [-0.05, 0) is 79.6 Å². The smallest absolute Gasteiger partial charge is 0.379 e. The number of allylic oxidation sites excluding steroid dienone is 1. The maximum Gasteiger partial charge on any atom is 0.418 e. The molecule has 0 aromatic rings. The Morgan fingerprint density at radius 3 is 2.69 bits per heavy atom. The van der Waals surface area contributed by atoms with Crippen LogP contribution in [0.15, 0.2) is 10.6 Å². The molecule has 1 saturated heterocycles. The minimum Gasteiger partial charge on any atom is -0.379 e. The van der Waals surface area contributed by atoms with Crippen LogP contribution in [-0.4, -0.2) is 41.4 Å². The number of nitrogens with zero attached hydrogens (tertiary/aromatic N) is 1. The van der Waals surface area contributed by atoms with Crippen molar-refractivity contribution in [3.05, 3.63) is 10.6 Å². The highest BCUT2D eigenvalue weighted by molar-refractivity contribution is 9.11. The zero-order valence-corrected chi connectivity index (χ0v) is 17.4. The second-order valence-corrected chi connectivity index (χ2v) is 9.58. The molecular weight excluding hydrogens is 407 g/mol. The molecule has 3 fully saturated rings. The van der Waals surface area contributed by atoms with Crippen LogP contribution in [0.4, 0.5) is 13.2 Å². The predicted octanol–water partition coefficient (Wildman–Crippen LogP) is 5.51. The molecule has 1 N–H and O–H groups in total. The number of fused-ring (bicyclic) bond motifs is 1. The van der Waals surface area contributed by atoms with Gasteiger partial charge in [0.05, 0.1) is 0 Å². The monoisotopic (exact) mass is 437 g/mol. The number of β-amino-alcohol motifs (C(OH)–C–C–N with tert-alkyl or cyclic N) is 1. The van der Waals surface area contributed by atoms with Gasteiger partial charge in [0.25, 0.3) is 0 Å². The van der Waals surface area contributed by atoms with E-state index in [9.17, 15) is 18.3 Å². The summed E-state index contributed by atoms with van der Waals surface area (Å²) in [5, 5.41) is 10.1. The molecule has 2 saturated carbocycles. The first-order valence-corrected chi connectivity index (χ1v) is 10.8. The van der Waals surface area contributed by atoms with Crippen molar-refractivity contribution in [3.8, 4) is 0 Å². The lowest BCUT2D eigenvalue weighted by molar-refractivity contribution is -0.274. The zero-order chi connectivity index (χ0) is 19.2. The van der Waals surface area contributed by atoms with Crippen LogP contribution in [0.1, 0.15) is 58.8 Å². The summed E-state index contributed by atoms with van der Waals surface area (Å²) in [7, 11) is 0. The van der Waals surface area contributed by atoms with Crippen molar-refractivity contribution in [1.29, 1.82) is 0 Å². The average Bonchev–Trinajstić information content (AvgIpc) is 2.91. The molecule has 0 aromatic heterocycles. The van der Waals surface area contributed by atoms with E-state index in [4.69, 9.17) is 0 Å². The Hall–Kier alpha value is -0.0700. The molecule has 1 heterocycles. The number of piperidine rings is 1. The standard InChI is InChI=1S/C20H31BrF3NO/c1-14(12-25-10-4-9-19(26,13-25)20(22,23)24)16-6-7-17-15(11-21)5-3-8-18(16,17)2/h11,14,16-17,26H,3-10,12-13H2,1-2H3/b15-11+/t14-,16-,17+,18-,19?/m1/s1. The van der Waals surface area contributed by atoms with Gasteiger partial charge < -0.3 is 5.11 Å². The molecule has 2 nitrogen and oxygen atoms in total. The maximum absolute atomic E-state index is 13.2. The minimum absolute atomic E-state index is 0.177. The highest BCUT2D eigenvalue weighted by atomic mass is 79.9. The molecule has 0 aromatic carbocycles. The Morgan fingerprint density at radius 2 is 2.04 bits per heavy atom. The third-order valence-corrected chi connectivity index (χ3v) is 8.08. The number of aliphatic hydroxyl groups is 1. The number of halogens is 4. The molecule has 0 amide bonds. The molecule has 1 aliphatic heterocycles. The molecule has 0 bridgehead atoms. The summed E-state index contributed by atoms with van der Waals surface area (Å²) in [5.74, 6) is 1.49. The normalized spacial score (nSPS) is 42.0. The second-order valence-electron chi connectivity index (χ2n) is 9.13. The summed E-state index contributed by atoms with van der Waals surface area (Å²) in [6, 6.07) is 0. The van der Waals surface area contributed by atoms with Gasteiger partial charge in [0.15, 0.2) is 5.60 Å². The summed E-state index contributed by atoms with van der Waals surface area (Å²) in [4.78, 5) is 3.96. The Kier molecular flexibility index (Phi) is 5.88. The largest absolute Gasteiger partial charge is 0.418 e. The summed E-state index contributed by atoms with van der Waals surface area (Å²) >= 11 is 3.53. The van der Waals surface area contributed by atoms with Crippen LogP contribution in [-0.2, 0) is 0 Å². The number of alkyl halides is 3. The number of likely N-dealkylation sites (tertiary alicyclic amines) is 1. The van der Waals surface area contributed by atoms with Gasteiger partial charge in [-0.3, -0.25) is 4.90 Å². The number of hydrogen-bond donors (Lipinski definition) is 1. The van der Waals surface area contributed by atoms with Gasteiger partial charge in [0.2, 0.25) is 0 Å². The molecule has 150 valence electrons. The van der Waals surface area contributed by atoms with Crippen LogP contribution < -0.4 is 0 Å². The quantitative estimate of drug-likeness (QED) is 0.629. The van der Waals surface area contributed by atoms with Crippen LogP contribution in [0.5, 0.6) is 0 Å². The van der Waals surface area contributed by atoms with Crippen molar-refractivity contribution in [2.24, 2.45) is 23.2 Å². The average molecular weight is 438 g/mol. The molecule has 0 spiro atoms. The van der Waals surface area contributed by atoms with E-state index in [0.717, 1.165) is 12.8 Å². The van der Waals surface area contributed by atoms with E-state index in [1.165, 1.54) is 24.8 Å². The van der Waals surface area contributed by atoms with Crippen molar-refractivity contribution < 1.29 is 18.3 Å². The fourth-order valence-electron chi connectivity index (χ4n) is 6.19. The predicted molar refractivity (Wildman–Crippen MR) is 101 cm³/mol. The fourth-order valence-corrected chi connectivity index (χ4v) is 6.74. The molecule has 6 heteroatoms. The van der Waals surface area contributed by atoms with Gasteiger partial charge >= 0.3 is 6.18 Å².